The topological polar surface area (TPSA) is 74.1 Å². The summed E-state index contributed by atoms with van der Waals surface area (Å²) in [7, 11) is 1.65. The predicted octanol–water partition coefficient (Wildman–Crippen LogP) is 9.81. The van der Waals surface area contributed by atoms with E-state index in [1.807, 2.05) is 42.5 Å². The maximum atomic E-state index is 13.0. The molecule has 6 rings (SSSR count). The van der Waals surface area contributed by atoms with Crippen LogP contribution in [-0.2, 0) is 15.9 Å². The highest BCUT2D eigenvalue weighted by atomic mass is 16.5. The predicted molar refractivity (Wildman–Crippen MR) is 203 cm³/mol. The Morgan fingerprint density at radius 2 is 1.60 bits per heavy atom. The van der Waals surface area contributed by atoms with Gasteiger partial charge in [0.2, 0.25) is 0 Å². The van der Waals surface area contributed by atoms with Crippen molar-refractivity contribution >= 4 is 45.6 Å². The lowest BCUT2D eigenvalue weighted by Gasteiger charge is -2.14. The molecule has 0 aliphatic carbocycles. The molecule has 0 amide bonds. The second-order valence-electron chi connectivity index (χ2n) is 11.8. The molecule has 50 heavy (non-hydrogen) atoms. The zero-order valence-electron chi connectivity index (χ0n) is 28.5. The van der Waals surface area contributed by atoms with Crippen LogP contribution in [0.5, 0.6) is 5.75 Å². The highest BCUT2D eigenvalue weighted by Crippen LogP contribution is 2.33. The second-order valence-corrected chi connectivity index (χ2v) is 11.8. The molecule has 0 aliphatic heterocycles. The Morgan fingerprint density at radius 1 is 0.860 bits per heavy atom. The Bertz CT molecular complexity index is 2150. The zero-order valence-corrected chi connectivity index (χ0v) is 28.5. The van der Waals surface area contributed by atoms with E-state index in [0.29, 0.717) is 36.6 Å². The molecule has 5 aromatic carbocycles. The summed E-state index contributed by atoms with van der Waals surface area (Å²) in [5, 5.41) is 5.63. The molecule has 0 atom stereocenters. The molecule has 0 bridgehead atoms. The molecule has 1 aromatic heterocycles. The van der Waals surface area contributed by atoms with Crippen molar-refractivity contribution in [2.24, 2.45) is 4.99 Å². The van der Waals surface area contributed by atoms with Crippen LogP contribution in [-0.4, -0.2) is 36.8 Å². The van der Waals surface area contributed by atoms with E-state index in [0.717, 1.165) is 57.2 Å². The van der Waals surface area contributed by atoms with E-state index in [1.165, 1.54) is 0 Å². The molecular weight excluding hydrogens is 622 g/mol. The fraction of sp³-hybridized carbons (Fsp3) is 0.163. The first-order valence-electron chi connectivity index (χ1n) is 16.9. The number of esters is 1. The van der Waals surface area contributed by atoms with Crippen LogP contribution in [0.25, 0.3) is 33.6 Å². The molecule has 0 saturated heterocycles. The summed E-state index contributed by atoms with van der Waals surface area (Å²) in [6, 6.07) is 40.5. The van der Waals surface area contributed by atoms with Gasteiger partial charge in [-0.05, 0) is 90.7 Å². The molecule has 7 heteroatoms. The minimum atomic E-state index is -0.419. The van der Waals surface area contributed by atoms with Gasteiger partial charge in [0.05, 0.1) is 36.0 Å². The smallest absolute Gasteiger partial charge is 0.340 e. The van der Waals surface area contributed by atoms with Gasteiger partial charge in [-0.15, -0.1) is 0 Å². The fourth-order valence-corrected chi connectivity index (χ4v) is 5.79. The van der Waals surface area contributed by atoms with Crippen LogP contribution >= 0.6 is 0 Å². The number of allylic oxidation sites excluding steroid dienone is 1. The number of rotatable bonds is 13. The number of hydrogen-bond donors (Lipinski definition) is 1. The number of aliphatic imine (C=N–C) groups is 1. The van der Waals surface area contributed by atoms with Gasteiger partial charge in [0, 0.05) is 23.0 Å². The van der Waals surface area contributed by atoms with E-state index in [9.17, 15) is 4.79 Å². The number of unbranched alkanes of at least 4 members (excludes halogenated alkanes) is 1. The average Bonchev–Trinajstić information content (AvgIpc) is 3.49. The Morgan fingerprint density at radius 3 is 2.38 bits per heavy atom. The lowest BCUT2D eigenvalue weighted by Crippen LogP contribution is -2.28. The normalized spacial score (nSPS) is 11.8. The largest absolute Gasteiger partial charge is 0.497 e. The summed E-state index contributed by atoms with van der Waals surface area (Å²) in [4.78, 5) is 17.8. The van der Waals surface area contributed by atoms with E-state index >= 15 is 0 Å². The van der Waals surface area contributed by atoms with Crippen LogP contribution in [0.1, 0.15) is 41.3 Å². The van der Waals surface area contributed by atoms with Gasteiger partial charge in [0.1, 0.15) is 11.5 Å². The van der Waals surface area contributed by atoms with Crippen molar-refractivity contribution in [3.8, 4) is 11.4 Å². The summed E-state index contributed by atoms with van der Waals surface area (Å²) in [5.41, 5.74) is 6.23. The third kappa shape index (κ3) is 7.96. The summed E-state index contributed by atoms with van der Waals surface area (Å²) < 4.78 is 19.5. The maximum absolute atomic E-state index is 13.0. The number of carbonyl (C=O) groups is 1. The number of carbonyl (C=O) groups excluding carboxylic acids is 1. The van der Waals surface area contributed by atoms with Gasteiger partial charge in [0.25, 0.3) is 6.02 Å². The first-order valence-corrected chi connectivity index (χ1v) is 16.9. The van der Waals surface area contributed by atoms with Gasteiger partial charge in [-0.3, -0.25) is 0 Å². The fourth-order valence-electron chi connectivity index (χ4n) is 5.79. The lowest BCUT2D eigenvalue weighted by molar-refractivity contribution is 0.0500. The number of hydrogen-bond acceptors (Lipinski definition) is 5. The summed E-state index contributed by atoms with van der Waals surface area (Å²) in [6.45, 7) is 6.98. The third-order valence-electron chi connectivity index (χ3n) is 8.36. The van der Waals surface area contributed by atoms with Crippen molar-refractivity contribution in [3.05, 3.63) is 156 Å². The quantitative estimate of drug-likeness (QED) is 0.0333. The third-order valence-corrected chi connectivity index (χ3v) is 8.36. The van der Waals surface area contributed by atoms with Crippen molar-refractivity contribution in [3.63, 3.8) is 0 Å². The summed E-state index contributed by atoms with van der Waals surface area (Å²) in [5.74, 6) is 0.881. The molecule has 0 spiro atoms. The molecule has 0 unspecified atom stereocenters. The number of amidine groups is 1. The number of nitrogens with zero attached hydrogens (tertiary/aromatic N) is 2. The van der Waals surface area contributed by atoms with Gasteiger partial charge < -0.3 is 24.1 Å². The molecule has 1 N–H and O–H groups in total. The SMILES string of the molecule is C=C/C(=C\c1ccc2c(c1)c1ccccc1n2-c1ccccc1)O/C(=N\c1ccccc1C(=O)OCCCC)NCCc1ccc(OC)cc1. The number of para-hydroxylation sites is 3. The molecule has 252 valence electrons. The number of fused-ring (bicyclic) bond motifs is 3. The Kier molecular flexibility index (Phi) is 11.1. The summed E-state index contributed by atoms with van der Waals surface area (Å²) >= 11 is 0. The standard InChI is InChI=1S/C43H41N3O4/c1-4-6-28-49-42(47)37-17-10-12-18-39(37)45-43(44-27-26-31-20-23-35(48-3)24-21-31)50-34(5-2)29-32-22-25-41-38(30-32)36-16-11-13-19-40(36)46(41)33-14-8-7-9-15-33/h5,7-25,29-30H,2,4,6,26-28H2,1,3H3,(H,44,45)/b34-29+. The first kappa shape index (κ1) is 33.8. The Labute approximate surface area is 293 Å². The van der Waals surface area contributed by atoms with E-state index in [4.69, 9.17) is 19.2 Å². The van der Waals surface area contributed by atoms with E-state index in [-0.39, 0.29) is 6.02 Å². The van der Waals surface area contributed by atoms with Crippen LogP contribution in [0.4, 0.5) is 5.69 Å². The van der Waals surface area contributed by atoms with Gasteiger partial charge >= 0.3 is 5.97 Å². The van der Waals surface area contributed by atoms with Crippen LogP contribution < -0.4 is 10.1 Å². The van der Waals surface area contributed by atoms with Crippen LogP contribution in [0, 0.1) is 0 Å². The second kappa shape index (κ2) is 16.3. The maximum Gasteiger partial charge on any atom is 0.340 e. The molecule has 7 nitrogen and oxygen atoms in total. The van der Waals surface area contributed by atoms with Gasteiger partial charge in [0.15, 0.2) is 0 Å². The van der Waals surface area contributed by atoms with Crippen LogP contribution in [0.3, 0.4) is 0 Å². The molecule has 6 aromatic rings. The highest BCUT2D eigenvalue weighted by molar-refractivity contribution is 6.09. The number of aromatic nitrogens is 1. The van der Waals surface area contributed by atoms with Gasteiger partial charge in [-0.2, -0.15) is 4.99 Å². The monoisotopic (exact) mass is 663 g/mol. The Balaban J connectivity index is 1.32. The first-order chi connectivity index (χ1) is 24.6. The molecule has 0 radical (unpaired) electrons. The van der Waals surface area contributed by atoms with Crippen molar-refractivity contribution in [1.29, 1.82) is 0 Å². The molecule has 0 saturated carbocycles. The number of methoxy groups -OCH3 is 1. The summed E-state index contributed by atoms with van der Waals surface area (Å²) in [6.07, 6.45) is 6.03. The minimum Gasteiger partial charge on any atom is -0.497 e. The molecule has 0 aliphatic rings. The van der Waals surface area contributed by atoms with Crippen molar-refractivity contribution in [1.82, 2.24) is 9.88 Å². The Hall–Kier alpha value is -6.08. The van der Waals surface area contributed by atoms with Crippen LogP contribution in [0.2, 0.25) is 0 Å². The highest BCUT2D eigenvalue weighted by Gasteiger charge is 2.15. The van der Waals surface area contributed by atoms with E-state index in [1.54, 1.807) is 31.4 Å². The van der Waals surface area contributed by atoms with Crippen LogP contribution in [0.15, 0.2) is 145 Å². The van der Waals surface area contributed by atoms with Crippen molar-refractivity contribution < 1.29 is 19.0 Å². The number of nitrogens with one attached hydrogen (secondary N) is 1. The van der Waals surface area contributed by atoms with Crippen molar-refractivity contribution in [2.45, 2.75) is 26.2 Å². The number of benzene rings is 5. The molecular formula is C43H41N3O4. The average molecular weight is 664 g/mol. The van der Waals surface area contributed by atoms with Gasteiger partial charge in [-0.25, -0.2) is 4.79 Å². The van der Waals surface area contributed by atoms with Gasteiger partial charge in [-0.1, -0.05) is 86.7 Å². The van der Waals surface area contributed by atoms with Crippen molar-refractivity contribution in [2.75, 3.05) is 20.3 Å². The zero-order chi connectivity index (χ0) is 34.7. The van der Waals surface area contributed by atoms with E-state index < -0.39 is 5.97 Å². The molecule has 1 heterocycles. The number of ether oxygens (including phenoxy) is 3. The minimum absolute atomic E-state index is 0.236. The lowest BCUT2D eigenvalue weighted by atomic mass is 10.1. The molecule has 0 fully saturated rings. The van der Waals surface area contributed by atoms with E-state index in [2.05, 4.69) is 90.1 Å².